The summed E-state index contributed by atoms with van der Waals surface area (Å²) in [5, 5.41) is 9.43. The molecule has 0 saturated heterocycles. The number of nitrogens with two attached hydrogens (primary N) is 1. The number of aliphatic hydroxyl groups excluding tert-OH is 1. The van der Waals surface area contributed by atoms with Crippen molar-refractivity contribution in [2.75, 3.05) is 13.7 Å². The Morgan fingerprint density at radius 2 is 2.06 bits per heavy atom. The highest BCUT2D eigenvalue weighted by Gasteiger charge is 2.24. The number of benzene rings is 1. The van der Waals surface area contributed by atoms with Crippen LogP contribution >= 0.6 is 15.9 Å². The maximum Gasteiger partial charge on any atom is 0.123 e. The largest absolute Gasteiger partial charge is 0.496 e. The van der Waals surface area contributed by atoms with Gasteiger partial charge in [-0.2, -0.15) is 0 Å². The summed E-state index contributed by atoms with van der Waals surface area (Å²) in [5.74, 6) is 1.11. The van der Waals surface area contributed by atoms with E-state index in [1.54, 1.807) is 7.11 Å². The van der Waals surface area contributed by atoms with E-state index < -0.39 is 0 Å². The van der Waals surface area contributed by atoms with Crippen molar-refractivity contribution in [1.29, 1.82) is 0 Å². The molecule has 0 aliphatic rings. The topological polar surface area (TPSA) is 55.5 Å². The standard InChI is InChI=1S/C13H20BrNO2/c1-8(2)11(7-16)13(15)10-6-9(14)4-5-12(10)17-3/h4-6,8,11,13,16H,7,15H2,1-3H3. The number of hydrogen-bond donors (Lipinski definition) is 2. The zero-order valence-corrected chi connectivity index (χ0v) is 12.1. The summed E-state index contributed by atoms with van der Waals surface area (Å²) in [6.07, 6.45) is 0. The first kappa shape index (κ1) is 14.5. The van der Waals surface area contributed by atoms with Gasteiger partial charge in [0.05, 0.1) is 7.11 Å². The lowest BCUT2D eigenvalue weighted by atomic mass is 9.85. The highest BCUT2D eigenvalue weighted by atomic mass is 79.9. The Balaban J connectivity index is 3.08. The third kappa shape index (κ3) is 3.44. The number of rotatable bonds is 5. The molecule has 96 valence electrons. The maximum atomic E-state index is 9.43. The van der Waals surface area contributed by atoms with Gasteiger partial charge in [0.25, 0.3) is 0 Å². The van der Waals surface area contributed by atoms with Crippen molar-refractivity contribution in [2.45, 2.75) is 19.9 Å². The van der Waals surface area contributed by atoms with E-state index in [1.807, 2.05) is 18.2 Å². The van der Waals surface area contributed by atoms with Crippen molar-refractivity contribution in [2.24, 2.45) is 17.6 Å². The first-order valence-corrected chi connectivity index (χ1v) is 6.50. The van der Waals surface area contributed by atoms with Crippen LogP contribution in [-0.4, -0.2) is 18.8 Å². The fourth-order valence-corrected chi connectivity index (χ4v) is 2.31. The van der Waals surface area contributed by atoms with E-state index in [0.29, 0.717) is 5.92 Å². The number of halogens is 1. The van der Waals surface area contributed by atoms with Crippen LogP contribution in [0.4, 0.5) is 0 Å². The first-order valence-electron chi connectivity index (χ1n) is 5.71. The van der Waals surface area contributed by atoms with Crippen LogP contribution in [0.5, 0.6) is 5.75 Å². The lowest BCUT2D eigenvalue weighted by molar-refractivity contribution is 0.164. The molecule has 0 spiro atoms. The minimum absolute atomic E-state index is 0.0261. The average Bonchev–Trinajstić information content (AvgIpc) is 2.29. The minimum atomic E-state index is -0.229. The monoisotopic (exact) mass is 301 g/mol. The van der Waals surface area contributed by atoms with Crippen LogP contribution in [0, 0.1) is 11.8 Å². The van der Waals surface area contributed by atoms with Crippen LogP contribution in [0.3, 0.4) is 0 Å². The van der Waals surface area contributed by atoms with Gasteiger partial charge in [-0.1, -0.05) is 29.8 Å². The molecule has 0 amide bonds. The molecule has 2 unspecified atom stereocenters. The Kier molecular flexibility index (Phi) is 5.43. The van der Waals surface area contributed by atoms with Crippen molar-refractivity contribution in [3.05, 3.63) is 28.2 Å². The quantitative estimate of drug-likeness (QED) is 0.879. The summed E-state index contributed by atoms with van der Waals surface area (Å²) < 4.78 is 6.28. The molecule has 0 bridgehead atoms. The van der Waals surface area contributed by atoms with Crippen LogP contribution in [0.1, 0.15) is 25.5 Å². The molecule has 0 radical (unpaired) electrons. The van der Waals surface area contributed by atoms with Crippen molar-refractivity contribution in [1.82, 2.24) is 0 Å². The van der Waals surface area contributed by atoms with Crippen molar-refractivity contribution in [3.8, 4) is 5.75 Å². The van der Waals surface area contributed by atoms with Gasteiger partial charge in [0.1, 0.15) is 5.75 Å². The molecule has 17 heavy (non-hydrogen) atoms. The summed E-state index contributed by atoms with van der Waals surface area (Å²) in [4.78, 5) is 0. The van der Waals surface area contributed by atoms with E-state index in [-0.39, 0.29) is 18.6 Å². The third-order valence-corrected chi connectivity index (χ3v) is 3.57. The van der Waals surface area contributed by atoms with E-state index in [2.05, 4.69) is 29.8 Å². The number of hydrogen-bond acceptors (Lipinski definition) is 3. The molecule has 4 heteroatoms. The molecule has 0 saturated carbocycles. The highest BCUT2D eigenvalue weighted by molar-refractivity contribution is 9.10. The molecule has 0 fully saturated rings. The Morgan fingerprint density at radius 3 is 2.53 bits per heavy atom. The van der Waals surface area contributed by atoms with Gasteiger partial charge in [-0.05, 0) is 24.1 Å². The van der Waals surface area contributed by atoms with Crippen molar-refractivity contribution < 1.29 is 9.84 Å². The Bertz CT molecular complexity index is 368. The van der Waals surface area contributed by atoms with Crippen LogP contribution < -0.4 is 10.5 Å². The molecule has 0 heterocycles. The molecule has 1 aromatic rings. The second-order valence-corrected chi connectivity index (χ2v) is 5.42. The highest BCUT2D eigenvalue weighted by Crippen LogP contribution is 2.33. The lowest BCUT2D eigenvalue weighted by Crippen LogP contribution is -2.28. The fourth-order valence-electron chi connectivity index (χ4n) is 1.94. The van der Waals surface area contributed by atoms with Gasteiger partial charge in [0.2, 0.25) is 0 Å². The Morgan fingerprint density at radius 1 is 1.41 bits per heavy atom. The van der Waals surface area contributed by atoms with Crippen LogP contribution in [-0.2, 0) is 0 Å². The first-order chi connectivity index (χ1) is 8.01. The van der Waals surface area contributed by atoms with Crippen LogP contribution in [0.2, 0.25) is 0 Å². The van der Waals surface area contributed by atoms with Gasteiger partial charge in [0.15, 0.2) is 0 Å². The van der Waals surface area contributed by atoms with E-state index >= 15 is 0 Å². The second kappa shape index (κ2) is 6.38. The van der Waals surface area contributed by atoms with Crippen molar-refractivity contribution >= 4 is 15.9 Å². The van der Waals surface area contributed by atoms with Crippen LogP contribution in [0.15, 0.2) is 22.7 Å². The van der Waals surface area contributed by atoms with Crippen LogP contribution in [0.25, 0.3) is 0 Å². The van der Waals surface area contributed by atoms with Gasteiger partial charge < -0.3 is 15.6 Å². The Hall–Kier alpha value is -0.580. The molecule has 3 nitrogen and oxygen atoms in total. The number of methoxy groups -OCH3 is 1. The van der Waals surface area contributed by atoms with E-state index in [9.17, 15) is 5.11 Å². The lowest BCUT2D eigenvalue weighted by Gasteiger charge is -2.27. The molecule has 3 N–H and O–H groups in total. The molecular weight excluding hydrogens is 282 g/mol. The molecule has 2 atom stereocenters. The summed E-state index contributed by atoms with van der Waals surface area (Å²) in [5.41, 5.74) is 7.16. The predicted molar refractivity (Wildman–Crippen MR) is 73.0 cm³/mol. The zero-order valence-electron chi connectivity index (χ0n) is 10.5. The van der Waals surface area contributed by atoms with E-state index in [4.69, 9.17) is 10.5 Å². The van der Waals surface area contributed by atoms with E-state index in [1.165, 1.54) is 0 Å². The second-order valence-electron chi connectivity index (χ2n) is 4.50. The molecule has 0 aliphatic heterocycles. The molecular formula is C13H20BrNO2. The predicted octanol–water partition coefficient (Wildman–Crippen LogP) is 2.72. The molecule has 0 aromatic heterocycles. The summed E-state index contributed by atoms with van der Waals surface area (Å²) in [7, 11) is 1.63. The van der Waals surface area contributed by atoms with Gasteiger partial charge in [-0.25, -0.2) is 0 Å². The van der Waals surface area contributed by atoms with E-state index in [0.717, 1.165) is 15.8 Å². The van der Waals surface area contributed by atoms with Gasteiger partial charge in [-0.3, -0.25) is 0 Å². The minimum Gasteiger partial charge on any atom is -0.496 e. The zero-order chi connectivity index (χ0) is 13.0. The molecule has 0 aliphatic carbocycles. The average molecular weight is 302 g/mol. The van der Waals surface area contributed by atoms with Crippen molar-refractivity contribution in [3.63, 3.8) is 0 Å². The summed E-state index contributed by atoms with van der Waals surface area (Å²) in [6, 6.07) is 5.52. The number of aliphatic hydroxyl groups is 1. The SMILES string of the molecule is COc1ccc(Br)cc1C(N)C(CO)C(C)C. The molecule has 1 rings (SSSR count). The Labute approximate surface area is 111 Å². The summed E-state index contributed by atoms with van der Waals surface area (Å²) >= 11 is 3.43. The number of ether oxygens (including phenoxy) is 1. The smallest absolute Gasteiger partial charge is 0.123 e. The van der Waals surface area contributed by atoms with Gasteiger partial charge in [-0.15, -0.1) is 0 Å². The summed E-state index contributed by atoms with van der Waals surface area (Å²) in [6.45, 7) is 4.20. The fraction of sp³-hybridized carbons (Fsp3) is 0.538. The van der Waals surface area contributed by atoms with Gasteiger partial charge >= 0.3 is 0 Å². The van der Waals surface area contributed by atoms with Gasteiger partial charge in [0, 0.05) is 28.6 Å². The normalized spacial score (nSPS) is 14.8. The third-order valence-electron chi connectivity index (χ3n) is 3.08. The molecule has 1 aromatic carbocycles. The maximum absolute atomic E-state index is 9.43.